The normalized spacial score (nSPS) is 14.8. The van der Waals surface area contributed by atoms with Crippen molar-refractivity contribution in [3.05, 3.63) is 50.9 Å². The molecule has 0 radical (unpaired) electrons. The van der Waals surface area contributed by atoms with Gasteiger partial charge in [0.15, 0.2) is 5.76 Å². The van der Waals surface area contributed by atoms with Crippen molar-refractivity contribution < 1.29 is 23.5 Å². The number of carbonyl (C=O) groups is 3. The number of urea groups is 1. The van der Waals surface area contributed by atoms with Gasteiger partial charge in [-0.1, -0.05) is 31.0 Å². The maximum Gasteiger partial charge on any atom is 0.326 e. The highest BCUT2D eigenvalue weighted by atomic mass is 35.5. The number of unbranched alkanes of at least 4 members (excludes halogenated alkanes) is 1. The Balaban J connectivity index is 2.22. The fourth-order valence-corrected chi connectivity index (χ4v) is 3.68. The Morgan fingerprint density at radius 2 is 2.11 bits per heavy atom. The standard InChI is InChI=1S/C19H16ClFN2O4S/c1-2-3-6-15(24)27-17(14-5-4-7-28-14)16-10-8-12(21)11(20)9-13(10)23(18(16)25)19(22)26/h4-5,7-9H,2-3,6H2,1H3,(H2,22,26)/b17-16-. The van der Waals surface area contributed by atoms with Crippen molar-refractivity contribution in [1.82, 2.24) is 0 Å². The second kappa shape index (κ2) is 8.12. The zero-order chi connectivity index (χ0) is 20.4. The third-order valence-corrected chi connectivity index (χ3v) is 5.27. The smallest absolute Gasteiger partial charge is 0.326 e. The van der Waals surface area contributed by atoms with Crippen molar-refractivity contribution >= 4 is 57.9 Å². The third-order valence-electron chi connectivity index (χ3n) is 4.11. The molecule has 0 bridgehead atoms. The number of imide groups is 1. The molecule has 0 saturated carbocycles. The van der Waals surface area contributed by atoms with Gasteiger partial charge in [-0.15, -0.1) is 11.3 Å². The summed E-state index contributed by atoms with van der Waals surface area (Å²) in [7, 11) is 0. The molecule has 0 spiro atoms. The molecule has 1 aromatic carbocycles. The van der Waals surface area contributed by atoms with Crippen molar-refractivity contribution in [3.63, 3.8) is 0 Å². The number of hydrogen-bond acceptors (Lipinski definition) is 5. The Kier molecular flexibility index (Phi) is 5.81. The van der Waals surface area contributed by atoms with E-state index in [1.165, 1.54) is 11.3 Å². The molecule has 1 aromatic heterocycles. The fraction of sp³-hybridized carbons (Fsp3) is 0.211. The Hall–Kier alpha value is -2.71. The van der Waals surface area contributed by atoms with Gasteiger partial charge in [0.2, 0.25) is 0 Å². The summed E-state index contributed by atoms with van der Waals surface area (Å²) >= 11 is 7.05. The van der Waals surface area contributed by atoms with Gasteiger partial charge in [-0.05, 0) is 30.0 Å². The van der Waals surface area contributed by atoms with Crippen molar-refractivity contribution in [3.8, 4) is 0 Å². The minimum atomic E-state index is -1.05. The zero-order valence-corrected chi connectivity index (χ0v) is 16.4. The average Bonchev–Trinajstić information content (AvgIpc) is 3.25. The highest BCUT2D eigenvalue weighted by molar-refractivity contribution is 7.11. The monoisotopic (exact) mass is 422 g/mol. The van der Waals surface area contributed by atoms with Crippen LogP contribution in [0.4, 0.5) is 14.9 Å². The first-order chi connectivity index (χ1) is 13.3. The van der Waals surface area contributed by atoms with Crippen LogP contribution in [0.15, 0.2) is 29.6 Å². The molecule has 0 saturated heterocycles. The number of primary amides is 1. The number of halogens is 2. The minimum absolute atomic E-state index is 0.0344. The summed E-state index contributed by atoms with van der Waals surface area (Å²) < 4.78 is 19.6. The molecule has 0 unspecified atom stereocenters. The molecule has 6 nitrogen and oxygen atoms in total. The lowest BCUT2D eigenvalue weighted by Gasteiger charge is -2.12. The molecule has 0 fully saturated rings. The molecule has 0 aliphatic carbocycles. The van der Waals surface area contributed by atoms with Crippen LogP contribution in [0.3, 0.4) is 0 Å². The SMILES string of the molecule is CCCCC(=O)O/C(=C1\C(=O)N(C(N)=O)c2cc(Cl)c(F)cc21)c1cccs1. The van der Waals surface area contributed by atoms with Crippen LogP contribution in [0, 0.1) is 5.82 Å². The van der Waals surface area contributed by atoms with Gasteiger partial charge < -0.3 is 10.5 Å². The lowest BCUT2D eigenvalue weighted by molar-refractivity contribution is -0.136. The van der Waals surface area contributed by atoms with Gasteiger partial charge in [0.1, 0.15) is 5.82 Å². The molecule has 28 heavy (non-hydrogen) atoms. The van der Waals surface area contributed by atoms with Crippen LogP contribution >= 0.6 is 22.9 Å². The molecule has 3 amide bonds. The van der Waals surface area contributed by atoms with Crippen LogP contribution in [0.2, 0.25) is 5.02 Å². The maximum atomic E-state index is 14.1. The molecule has 9 heteroatoms. The minimum Gasteiger partial charge on any atom is -0.424 e. The van der Waals surface area contributed by atoms with Gasteiger partial charge in [0, 0.05) is 12.0 Å². The number of carbonyl (C=O) groups excluding carboxylic acids is 3. The average molecular weight is 423 g/mol. The van der Waals surface area contributed by atoms with Gasteiger partial charge in [0.05, 0.1) is 21.2 Å². The van der Waals surface area contributed by atoms with Gasteiger partial charge in [0.25, 0.3) is 5.91 Å². The summed E-state index contributed by atoms with van der Waals surface area (Å²) in [6, 6.07) is 4.50. The summed E-state index contributed by atoms with van der Waals surface area (Å²) in [4.78, 5) is 38.3. The van der Waals surface area contributed by atoms with Crippen molar-refractivity contribution in [2.45, 2.75) is 26.2 Å². The summed E-state index contributed by atoms with van der Waals surface area (Å²) in [5, 5.41) is 1.47. The topological polar surface area (TPSA) is 89.7 Å². The quantitative estimate of drug-likeness (QED) is 0.434. The molecule has 2 aromatic rings. The Morgan fingerprint density at radius 1 is 1.36 bits per heavy atom. The van der Waals surface area contributed by atoms with E-state index in [9.17, 15) is 18.8 Å². The van der Waals surface area contributed by atoms with E-state index < -0.39 is 23.7 Å². The van der Waals surface area contributed by atoms with E-state index >= 15 is 0 Å². The van der Waals surface area contributed by atoms with Crippen LogP contribution in [0.5, 0.6) is 0 Å². The summed E-state index contributed by atoms with van der Waals surface area (Å²) in [6.07, 6.45) is 1.57. The summed E-state index contributed by atoms with van der Waals surface area (Å²) in [5.41, 5.74) is 5.35. The van der Waals surface area contributed by atoms with Crippen LogP contribution in [0.25, 0.3) is 11.3 Å². The number of thiophene rings is 1. The molecule has 2 heterocycles. The van der Waals surface area contributed by atoms with Crippen LogP contribution in [-0.4, -0.2) is 17.9 Å². The molecule has 3 rings (SSSR count). The van der Waals surface area contributed by atoms with Crippen molar-refractivity contribution in [2.24, 2.45) is 5.73 Å². The highest BCUT2D eigenvalue weighted by Gasteiger charge is 2.40. The van der Waals surface area contributed by atoms with E-state index in [2.05, 4.69) is 0 Å². The molecule has 1 aliphatic heterocycles. The van der Waals surface area contributed by atoms with Gasteiger partial charge in [-0.3, -0.25) is 9.59 Å². The molecule has 146 valence electrons. The Labute approximate surface area is 169 Å². The first-order valence-electron chi connectivity index (χ1n) is 8.47. The van der Waals surface area contributed by atoms with Gasteiger partial charge >= 0.3 is 12.0 Å². The lowest BCUT2D eigenvalue weighted by Crippen LogP contribution is -2.38. The Morgan fingerprint density at radius 3 is 2.71 bits per heavy atom. The number of nitrogens with two attached hydrogens (primary N) is 1. The summed E-state index contributed by atoms with van der Waals surface area (Å²) in [5.74, 6) is -2.15. The fourth-order valence-electron chi connectivity index (χ4n) is 2.81. The highest BCUT2D eigenvalue weighted by Crippen LogP contribution is 2.44. The van der Waals surface area contributed by atoms with E-state index in [-0.39, 0.29) is 34.0 Å². The number of amides is 3. The molecular weight excluding hydrogens is 407 g/mol. The van der Waals surface area contributed by atoms with Crippen LogP contribution in [0.1, 0.15) is 36.6 Å². The lowest BCUT2D eigenvalue weighted by atomic mass is 10.0. The van der Waals surface area contributed by atoms with E-state index in [0.29, 0.717) is 16.2 Å². The number of esters is 1. The number of hydrogen-bond donors (Lipinski definition) is 1. The number of benzene rings is 1. The molecule has 1 aliphatic rings. The van der Waals surface area contributed by atoms with E-state index in [1.807, 2.05) is 6.92 Å². The third kappa shape index (κ3) is 3.65. The number of ether oxygens (including phenoxy) is 1. The predicted molar refractivity (Wildman–Crippen MR) is 105 cm³/mol. The van der Waals surface area contributed by atoms with Crippen LogP contribution < -0.4 is 10.6 Å². The first kappa shape index (κ1) is 20.0. The van der Waals surface area contributed by atoms with Gasteiger partial charge in [-0.25, -0.2) is 14.1 Å². The van der Waals surface area contributed by atoms with E-state index in [0.717, 1.165) is 18.6 Å². The number of rotatable bonds is 5. The predicted octanol–water partition coefficient (Wildman–Crippen LogP) is 4.57. The molecule has 2 N–H and O–H groups in total. The van der Waals surface area contributed by atoms with Crippen molar-refractivity contribution in [1.29, 1.82) is 0 Å². The second-order valence-electron chi connectivity index (χ2n) is 6.02. The number of nitrogens with zero attached hydrogens (tertiary/aromatic N) is 1. The van der Waals surface area contributed by atoms with E-state index in [4.69, 9.17) is 22.1 Å². The second-order valence-corrected chi connectivity index (χ2v) is 7.38. The van der Waals surface area contributed by atoms with E-state index in [1.54, 1.807) is 17.5 Å². The first-order valence-corrected chi connectivity index (χ1v) is 9.73. The molecule has 0 atom stereocenters. The Bertz CT molecular complexity index is 988. The summed E-state index contributed by atoms with van der Waals surface area (Å²) in [6.45, 7) is 1.93. The van der Waals surface area contributed by atoms with Crippen molar-refractivity contribution in [2.75, 3.05) is 4.90 Å². The maximum absolute atomic E-state index is 14.1. The zero-order valence-electron chi connectivity index (χ0n) is 14.8. The van der Waals surface area contributed by atoms with Gasteiger partial charge in [-0.2, -0.15) is 0 Å². The number of fused-ring (bicyclic) bond motifs is 1. The van der Waals surface area contributed by atoms with Crippen LogP contribution in [-0.2, 0) is 14.3 Å². The molecular formula is C19H16ClFN2O4S. The number of anilines is 1. The largest absolute Gasteiger partial charge is 0.424 e.